The Labute approximate surface area is 137 Å². The highest BCUT2D eigenvalue weighted by Gasteiger charge is 2.67. The fourth-order valence-electron chi connectivity index (χ4n) is 3.26. The predicted octanol–water partition coefficient (Wildman–Crippen LogP) is 4.83. The fourth-order valence-corrected chi connectivity index (χ4v) is 5.26. The van der Waals surface area contributed by atoms with Crippen LogP contribution in [0.2, 0.25) is 0 Å². The van der Waals surface area contributed by atoms with E-state index in [4.69, 9.17) is 0 Å². The van der Waals surface area contributed by atoms with E-state index < -0.39 is 10.8 Å². The van der Waals surface area contributed by atoms with E-state index in [1.165, 1.54) is 5.57 Å². The Morgan fingerprint density at radius 1 is 1.22 bits per heavy atom. The van der Waals surface area contributed by atoms with Gasteiger partial charge in [-0.2, -0.15) is 0 Å². The summed E-state index contributed by atoms with van der Waals surface area (Å²) in [4.78, 5) is 24.4. The summed E-state index contributed by atoms with van der Waals surface area (Å²) >= 11 is 3.75. The van der Waals surface area contributed by atoms with E-state index in [9.17, 15) is 9.59 Å². The van der Waals surface area contributed by atoms with Gasteiger partial charge in [-0.1, -0.05) is 44.8 Å². The average molecular weight is 474 g/mol. The van der Waals surface area contributed by atoms with Crippen LogP contribution in [0.3, 0.4) is 0 Å². The van der Waals surface area contributed by atoms with Crippen molar-refractivity contribution >= 4 is 52.8 Å². The molecule has 0 spiro atoms. The summed E-state index contributed by atoms with van der Waals surface area (Å²) in [6.07, 6.45) is 3.65. The van der Waals surface area contributed by atoms with Gasteiger partial charge in [0.25, 0.3) is 0 Å². The maximum Gasteiger partial charge on any atom is 0.207 e. The van der Waals surface area contributed by atoms with Gasteiger partial charge in [0.2, 0.25) is 3.79 Å². The van der Waals surface area contributed by atoms with Crippen molar-refractivity contribution < 1.29 is 9.59 Å². The van der Waals surface area contributed by atoms with Crippen molar-refractivity contribution in [3.05, 3.63) is 11.1 Å². The smallest absolute Gasteiger partial charge is 0.207 e. The summed E-state index contributed by atoms with van der Waals surface area (Å²) in [5, 5.41) is 0. The Morgan fingerprint density at radius 2 is 1.78 bits per heavy atom. The number of carbonyl (C=O) groups is 2. The molecule has 0 amide bonds. The second-order valence-corrected chi connectivity index (χ2v) is 7.19. The Balaban J connectivity index is 3.23. The van der Waals surface area contributed by atoms with Gasteiger partial charge >= 0.3 is 0 Å². The molecule has 102 valence electrons. The molecule has 0 bridgehead atoms. The highest BCUT2D eigenvalue weighted by atomic mass is 127. The zero-order chi connectivity index (χ0) is 14.1. The van der Waals surface area contributed by atoms with Gasteiger partial charge in [0, 0.05) is 45.2 Å². The molecular weight excluding hydrogens is 454 g/mol. The predicted molar refractivity (Wildman–Crippen MR) is 91.1 cm³/mol. The molecule has 0 heterocycles. The molecule has 0 saturated carbocycles. The average Bonchev–Trinajstić information content (AvgIpc) is 2.86. The van der Waals surface area contributed by atoms with Gasteiger partial charge in [-0.25, -0.2) is 0 Å². The first-order chi connectivity index (χ1) is 8.30. The maximum absolute atomic E-state index is 12.2. The van der Waals surface area contributed by atoms with Crippen LogP contribution in [0.25, 0.3) is 0 Å². The summed E-state index contributed by atoms with van der Waals surface area (Å²) in [5.41, 5.74) is 1.22. The molecule has 1 aliphatic rings. The number of hydrogen-bond donors (Lipinski definition) is 0. The molecule has 4 heteroatoms. The van der Waals surface area contributed by atoms with Crippen molar-refractivity contribution in [1.82, 2.24) is 0 Å². The molecule has 1 aliphatic carbocycles. The SMILES string of the molecule is CCCC1=C(C)C1(C(=O)I)C(C)(CCC)C(=O)I. The van der Waals surface area contributed by atoms with E-state index in [1.54, 1.807) is 0 Å². The first-order valence-electron chi connectivity index (χ1n) is 6.41. The van der Waals surface area contributed by atoms with Crippen molar-refractivity contribution in [3.8, 4) is 0 Å². The molecule has 1 rings (SSSR count). The molecule has 0 saturated heterocycles. The van der Waals surface area contributed by atoms with Crippen LogP contribution in [0, 0.1) is 10.8 Å². The first-order valence-corrected chi connectivity index (χ1v) is 8.57. The van der Waals surface area contributed by atoms with Crippen LogP contribution in [0.1, 0.15) is 53.4 Å². The molecule has 0 aromatic rings. The van der Waals surface area contributed by atoms with E-state index in [0.29, 0.717) is 0 Å². The van der Waals surface area contributed by atoms with E-state index in [2.05, 4.69) is 13.8 Å². The van der Waals surface area contributed by atoms with Crippen LogP contribution in [-0.2, 0) is 9.59 Å². The fraction of sp³-hybridized carbons (Fsp3) is 0.714. The molecule has 0 radical (unpaired) electrons. The summed E-state index contributed by atoms with van der Waals surface area (Å²) in [6, 6.07) is 0. The quantitative estimate of drug-likeness (QED) is 0.301. The van der Waals surface area contributed by atoms with Crippen LogP contribution >= 0.6 is 45.2 Å². The normalized spacial score (nSPS) is 25.9. The zero-order valence-electron chi connectivity index (χ0n) is 11.4. The van der Waals surface area contributed by atoms with Gasteiger partial charge in [-0.05, 0) is 19.8 Å². The van der Waals surface area contributed by atoms with E-state index in [-0.39, 0.29) is 7.58 Å². The minimum Gasteiger partial charge on any atom is -0.287 e. The Kier molecular flexibility index (Phi) is 5.43. The number of carbonyl (C=O) groups excluding carboxylic acids is 2. The topological polar surface area (TPSA) is 34.1 Å². The van der Waals surface area contributed by atoms with Gasteiger partial charge in [0.15, 0.2) is 3.79 Å². The highest BCUT2D eigenvalue weighted by molar-refractivity contribution is 14.1. The van der Waals surface area contributed by atoms with E-state index >= 15 is 0 Å². The van der Waals surface area contributed by atoms with Crippen LogP contribution in [0.5, 0.6) is 0 Å². The highest BCUT2D eigenvalue weighted by Crippen LogP contribution is 2.68. The van der Waals surface area contributed by atoms with Crippen LogP contribution in [0.4, 0.5) is 0 Å². The number of hydrogen-bond acceptors (Lipinski definition) is 2. The lowest BCUT2D eigenvalue weighted by Crippen LogP contribution is -2.41. The van der Waals surface area contributed by atoms with E-state index in [0.717, 1.165) is 31.3 Å². The minimum atomic E-state index is -0.572. The van der Waals surface area contributed by atoms with Crippen LogP contribution in [-0.4, -0.2) is 7.58 Å². The molecular formula is C14H20I2O2. The zero-order valence-corrected chi connectivity index (χ0v) is 15.7. The van der Waals surface area contributed by atoms with Gasteiger partial charge in [-0.3, -0.25) is 9.59 Å². The Morgan fingerprint density at radius 3 is 2.11 bits per heavy atom. The third kappa shape index (κ3) is 2.21. The molecule has 0 fully saturated rings. The first kappa shape index (κ1) is 16.6. The van der Waals surface area contributed by atoms with Crippen LogP contribution in [0.15, 0.2) is 11.1 Å². The lowest BCUT2D eigenvalue weighted by atomic mass is 9.68. The molecule has 2 nitrogen and oxygen atoms in total. The molecule has 2 atom stereocenters. The summed E-state index contributed by atoms with van der Waals surface area (Å²) in [5.74, 6) is 0. The monoisotopic (exact) mass is 474 g/mol. The lowest BCUT2D eigenvalue weighted by molar-refractivity contribution is -0.128. The van der Waals surface area contributed by atoms with Crippen molar-refractivity contribution in [2.45, 2.75) is 53.4 Å². The third-order valence-corrected chi connectivity index (χ3v) is 6.21. The molecule has 2 unspecified atom stereocenters. The van der Waals surface area contributed by atoms with Crippen molar-refractivity contribution in [2.75, 3.05) is 0 Å². The van der Waals surface area contributed by atoms with E-state index in [1.807, 2.05) is 59.0 Å². The standard InChI is InChI=1S/C14H20I2O2/c1-5-7-10-9(3)14(10,12(16)18)13(4,8-6-2)11(15)17/h5-8H2,1-4H3. The van der Waals surface area contributed by atoms with Crippen molar-refractivity contribution in [3.63, 3.8) is 0 Å². The van der Waals surface area contributed by atoms with Gasteiger partial charge in [-0.15, -0.1) is 0 Å². The van der Waals surface area contributed by atoms with Crippen LogP contribution < -0.4 is 0 Å². The third-order valence-electron chi connectivity index (χ3n) is 4.21. The molecule has 0 N–H and O–H groups in total. The van der Waals surface area contributed by atoms with Gasteiger partial charge in [0.1, 0.15) is 0 Å². The summed E-state index contributed by atoms with van der Waals surface area (Å²) < 4.78 is 0.222. The summed E-state index contributed by atoms with van der Waals surface area (Å²) in [6.45, 7) is 8.17. The van der Waals surface area contributed by atoms with Crippen molar-refractivity contribution in [2.24, 2.45) is 10.8 Å². The molecule has 0 aromatic carbocycles. The lowest BCUT2D eigenvalue weighted by Gasteiger charge is -2.35. The minimum absolute atomic E-state index is 0.109. The Bertz CT molecular complexity index is 414. The largest absolute Gasteiger partial charge is 0.287 e. The Hall–Kier alpha value is 0.540. The molecule has 18 heavy (non-hydrogen) atoms. The van der Waals surface area contributed by atoms with Gasteiger partial charge in [0.05, 0.1) is 10.8 Å². The second-order valence-electron chi connectivity index (χ2n) is 5.23. The number of rotatable bonds is 7. The number of allylic oxidation sites excluding steroid dienone is 2. The second kappa shape index (κ2) is 5.89. The van der Waals surface area contributed by atoms with Crippen molar-refractivity contribution in [1.29, 1.82) is 0 Å². The van der Waals surface area contributed by atoms with Gasteiger partial charge < -0.3 is 0 Å². The molecule has 0 aliphatic heterocycles. The summed E-state index contributed by atoms with van der Waals surface area (Å²) in [7, 11) is 0. The number of halogens is 2. The maximum atomic E-state index is 12.2. The molecule has 0 aromatic heterocycles.